The van der Waals surface area contributed by atoms with Gasteiger partial charge in [-0.3, -0.25) is 4.99 Å². The van der Waals surface area contributed by atoms with Crippen molar-refractivity contribution in [1.82, 2.24) is 10.6 Å². The van der Waals surface area contributed by atoms with Crippen LogP contribution in [0.4, 0.5) is 0 Å². The quantitative estimate of drug-likeness (QED) is 0.215. The Morgan fingerprint density at radius 2 is 1.76 bits per heavy atom. The van der Waals surface area contributed by atoms with Crippen LogP contribution in [0.1, 0.15) is 26.2 Å². The summed E-state index contributed by atoms with van der Waals surface area (Å²) in [5.74, 6) is 2.46. The lowest BCUT2D eigenvalue weighted by atomic mass is 10.3. The lowest BCUT2D eigenvalue weighted by Gasteiger charge is -2.12. The first-order valence-corrected chi connectivity index (χ1v) is 8.59. The number of hydrogen-bond acceptors (Lipinski definition) is 4. The summed E-state index contributed by atoms with van der Waals surface area (Å²) < 4.78 is 16.2. The summed E-state index contributed by atoms with van der Waals surface area (Å²) in [5.41, 5.74) is 0. The summed E-state index contributed by atoms with van der Waals surface area (Å²) >= 11 is 0. The van der Waals surface area contributed by atoms with Gasteiger partial charge < -0.3 is 24.8 Å². The highest BCUT2D eigenvalue weighted by Gasteiger charge is 1.99. The second-order valence-electron chi connectivity index (χ2n) is 5.21. The number of guanidine groups is 1. The molecule has 25 heavy (non-hydrogen) atoms. The standard InChI is InChI=1S/C18H31N3O3.HI/c1-4-23-13-6-5-11-20-18(19-2)21-12-8-14-24-17-10-7-9-16(15-17)22-3;/h7,9-10,15H,4-6,8,11-14H2,1-3H3,(H2,19,20,21);1H. The van der Waals surface area contributed by atoms with E-state index in [1.165, 1.54) is 0 Å². The van der Waals surface area contributed by atoms with Gasteiger partial charge in [-0.1, -0.05) is 6.07 Å². The number of methoxy groups -OCH3 is 1. The number of unbranched alkanes of at least 4 members (excludes halogenated alkanes) is 1. The Hall–Kier alpha value is -1.22. The average Bonchev–Trinajstić information content (AvgIpc) is 2.62. The summed E-state index contributed by atoms with van der Waals surface area (Å²) in [7, 11) is 3.43. The van der Waals surface area contributed by atoms with Crippen LogP contribution in [0.25, 0.3) is 0 Å². The minimum absolute atomic E-state index is 0. The highest BCUT2D eigenvalue weighted by Crippen LogP contribution is 2.18. The fraction of sp³-hybridized carbons (Fsp3) is 0.611. The number of halogens is 1. The van der Waals surface area contributed by atoms with Crippen LogP contribution in [0.2, 0.25) is 0 Å². The van der Waals surface area contributed by atoms with Crippen molar-refractivity contribution in [3.63, 3.8) is 0 Å². The third kappa shape index (κ3) is 11.9. The van der Waals surface area contributed by atoms with Crippen molar-refractivity contribution >= 4 is 29.9 Å². The molecule has 0 aromatic heterocycles. The predicted molar refractivity (Wildman–Crippen MR) is 114 cm³/mol. The van der Waals surface area contributed by atoms with E-state index >= 15 is 0 Å². The van der Waals surface area contributed by atoms with Gasteiger partial charge in [-0.25, -0.2) is 0 Å². The first-order valence-electron chi connectivity index (χ1n) is 8.59. The molecule has 144 valence electrons. The Morgan fingerprint density at radius 3 is 2.44 bits per heavy atom. The molecule has 0 saturated heterocycles. The number of ether oxygens (including phenoxy) is 3. The minimum Gasteiger partial charge on any atom is -0.497 e. The molecule has 0 unspecified atom stereocenters. The summed E-state index contributed by atoms with van der Waals surface area (Å²) in [6.07, 6.45) is 3.02. The van der Waals surface area contributed by atoms with Crippen molar-refractivity contribution in [2.24, 2.45) is 4.99 Å². The SMILES string of the molecule is CCOCCCCNC(=NC)NCCCOc1cccc(OC)c1.I. The molecular weight excluding hydrogens is 433 g/mol. The van der Waals surface area contributed by atoms with Crippen LogP contribution in [0.3, 0.4) is 0 Å². The molecule has 2 N–H and O–H groups in total. The maximum atomic E-state index is 5.71. The number of nitrogens with zero attached hydrogens (tertiary/aromatic N) is 1. The molecule has 0 amide bonds. The van der Waals surface area contributed by atoms with Crippen molar-refractivity contribution < 1.29 is 14.2 Å². The van der Waals surface area contributed by atoms with Gasteiger partial charge in [0.25, 0.3) is 0 Å². The summed E-state index contributed by atoms with van der Waals surface area (Å²) in [4.78, 5) is 4.21. The van der Waals surface area contributed by atoms with Crippen molar-refractivity contribution in [1.29, 1.82) is 0 Å². The monoisotopic (exact) mass is 465 g/mol. The third-order valence-electron chi connectivity index (χ3n) is 3.36. The molecule has 0 bridgehead atoms. The van der Waals surface area contributed by atoms with Gasteiger partial charge in [0.2, 0.25) is 0 Å². The van der Waals surface area contributed by atoms with Crippen LogP contribution in [-0.4, -0.2) is 53.0 Å². The van der Waals surface area contributed by atoms with E-state index in [1.807, 2.05) is 31.2 Å². The fourth-order valence-electron chi connectivity index (χ4n) is 2.06. The normalized spacial score (nSPS) is 10.8. The topological polar surface area (TPSA) is 64.1 Å². The molecule has 0 saturated carbocycles. The maximum absolute atomic E-state index is 5.71. The molecule has 0 aliphatic heterocycles. The number of rotatable bonds is 12. The molecule has 1 aromatic rings. The minimum atomic E-state index is 0. The van der Waals surface area contributed by atoms with Gasteiger partial charge in [0.1, 0.15) is 11.5 Å². The molecule has 0 fully saturated rings. The van der Waals surface area contributed by atoms with Crippen LogP contribution in [0, 0.1) is 0 Å². The van der Waals surface area contributed by atoms with Gasteiger partial charge in [-0.15, -0.1) is 24.0 Å². The zero-order chi connectivity index (χ0) is 17.5. The summed E-state index contributed by atoms with van der Waals surface area (Å²) in [6, 6.07) is 7.64. The number of nitrogens with one attached hydrogen (secondary N) is 2. The number of benzene rings is 1. The molecule has 0 aliphatic carbocycles. The van der Waals surface area contributed by atoms with Gasteiger partial charge in [0.15, 0.2) is 5.96 Å². The lowest BCUT2D eigenvalue weighted by molar-refractivity contribution is 0.143. The third-order valence-corrected chi connectivity index (χ3v) is 3.36. The van der Waals surface area contributed by atoms with E-state index in [4.69, 9.17) is 14.2 Å². The maximum Gasteiger partial charge on any atom is 0.190 e. The van der Waals surface area contributed by atoms with Crippen LogP contribution in [0.5, 0.6) is 11.5 Å². The molecule has 0 aliphatic rings. The van der Waals surface area contributed by atoms with Crippen molar-refractivity contribution in [2.45, 2.75) is 26.2 Å². The Labute approximate surface area is 168 Å². The molecule has 0 heterocycles. The first-order chi connectivity index (χ1) is 11.8. The fourth-order valence-corrected chi connectivity index (χ4v) is 2.06. The van der Waals surface area contributed by atoms with E-state index in [9.17, 15) is 0 Å². The Kier molecular flexibility index (Phi) is 15.5. The van der Waals surface area contributed by atoms with Crippen molar-refractivity contribution in [3.8, 4) is 11.5 Å². The molecule has 1 rings (SSSR count). The van der Waals surface area contributed by atoms with Gasteiger partial charge in [-0.05, 0) is 38.3 Å². The lowest BCUT2D eigenvalue weighted by Crippen LogP contribution is -2.38. The second kappa shape index (κ2) is 16.3. The average molecular weight is 465 g/mol. The van der Waals surface area contributed by atoms with E-state index in [0.717, 1.165) is 63.0 Å². The largest absolute Gasteiger partial charge is 0.497 e. The molecule has 0 spiro atoms. The molecule has 7 heteroatoms. The van der Waals surface area contributed by atoms with Crippen molar-refractivity contribution in [2.75, 3.05) is 47.1 Å². The Morgan fingerprint density at radius 1 is 1.04 bits per heavy atom. The first kappa shape index (κ1) is 23.8. The van der Waals surface area contributed by atoms with E-state index in [-0.39, 0.29) is 24.0 Å². The molecule has 0 radical (unpaired) electrons. The van der Waals surface area contributed by atoms with Gasteiger partial charge >= 0.3 is 0 Å². The van der Waals surface area contributed by atoms with Crippen LogP contribution < -0.4 is 20.1 Å². The van der Waals surface area contributed by atoms with E-state index in [2.05, 4.69) is 15.6 Å². The summed E-state index contributed by atoms with van der Waals surface area (Å²) in [6.45, 7) is 5.98. The van der Waals surface area contributed by atoms with Gasteiger partial charge in [0, 0.05) is 39.4 Å². The molecule has 1 aromatic carbocycles. The number of hydrogen-bond donors (Lipinski definition) is 2. The van der Waals surface area contributed by atoms with Crippen LogP contribution in [0.15, 0.2) is 29.3 Å². The zero-order valence-electron chi connectivity index (χ0n) is 15.5. The molecule has 6 nitrogen and oxygen atoms in total. The Balaban J connectivity index is 0.00000576. The zero-order valence-corrected chi connectivity index (χ0v) is 17.9. The van der Waals surface area contributed by atoms with E-state index in [1.54, 1.807) is 14.2 Å². The van der Waals surface area contributed by atoms with Gasteiger partial charge in [-0.2, -0.15) is 0 Å². The summed E-state index contributed by atoms with van der Waals surface area (Å²) in [5, 5.41) is 6.58. The predicted octanol–water partition coefficient (Wildman–Crippen LogP) is 3.06. The highest BCUT2D eigenvalue weighted by atomic mass is 127. The van der Waals surface area contributed by atoms with Crippen LogP contribution >= 0.6 is 24.0 Å². The Bertz CT molecular complexity index is 473. The second-order valence-corrected chi connectivity index (χ2v) is 5.21. The van der Waals surface area contributed by atoms with E-state index in [0.29, 0.717) is 6.61 Å². The number of aliphatic imine (C=N–C) groups is 1. The smallest absolute Gasteiger partial charge is 0.190 e. The molecule has 0 atom stereocenters. The van der Waals surface area contributed by atoms with Crippen LogP contribution in [-0.2, 0) is 4.74 Å². The van der Waals surface area contributed by atoms with Crippen molar-refractivity contribution in [3.05, 3.63) is 24.3 Å². The van der Waals surface area contributed by atoms with E-state index < -0.39 is 0 Å². The molecular formula is C18H32IN3O3. The van der Waals surface area contributed by atoms with Gasteiger partial charge in [0.05, 0.1) is 13.7 Å². The highest BCUT2D eigenvalue weighted by molar-refractivity contribution is 14.0.